The van der Waals surface area contributed by atoms with Crippen LogP contribution in [0.15, 0.2) is 158 Å². The number of rotatable bonds is 6. The minimum atomic E-state index is -0.171. The average molecular weight is 543 g/mol. The molecule has 6 aromatic carbocycles. The molecule has 1 aliphatic carbocycles. The fourth-order valence-electron chi connectivity index (χ4n) is 5.72. The van der Waals surface area contributed by atoms with Gasteiger partial charge in [-0.3, -0.25) is 9.59 Å². The Kier molecular flexibility index (Phi) is 6.42. The molecule has 7 rings (SSSR count). The van der Waals surface area contributed by atoms with Gasteiger partial charge in [0.1, 0.15) is 0 Å². The van der Waals surface area contributed by atoms with Gasteiger partial charge in [0, 0.05) is 33.9 Å². The maximum atomic E-state index is 14.5. The summed E-state index contributed by atoms with van der Waals surface area (Å²) in [6, 6.07) is 50.8. The molecule has 42 heavy (non-hydrogen) atoms. The van der Waals surface area contributed by atoms with Gasteiger partial charge in [-0.05, 0) is 60.7 Å². The van der Waals surface area contributed by atoms with Crippen LogP contribution in [0, 0.1) is 0 Å². The summed E-state index contributed by atoms with van der Waals surface area (Å²) in [7, 11) is 0. The van der Waals surface area contributed by atoms with Crippen molar-refractivity contribution < 1.29 is 9.59 Å². The molecule has 200 valence electrons. The van der Waals surface area contributed by atoms with Crippen molar-refractivity contribution in [2.75, 3.05) is 9.80 Å². The Morgan fingerprint density at radius 1 is 0.310 bits per heavy atom. The zero-order valence-electron chi connectivity index (χ0n) is 22.7. The van der Waals surface area contributed by atoms with Crippen LogP contribution in [-0.2, 0) is 0 Å². The lowest BCUT2D eigenvalue weighted by Gasteiger charge is -2.33. The molecule has 0 saturated heterocycles. The molecular formula is C38H26N2O2. The second-order valence-electron chi connectivity index (χ2n) is 10.1. The van der Waals surface area contributed by atoms with Crippen LogP contribution in [0.4, 0.5) is 34.1 Å². The average Bonchev–Trinajstić information content (AvgIpc) is 3.06. The molecule has 6 aromatic rings. The van der Waals surface area contributed by atoms with E-state index in [9.17, 15) is 9.59 Å². The standard InChI is InChI=1S/C38H26N2O2/c41-37-31-23-13-14-24-32(31)38(42)36-34(40(29-19-9-3-10-20-29)30-21-11-4-12-22-30)26-25-33(35(36)37)39(27-15-5-1-6-16-27)28-17-7-2-8-18-28/h1-26H. The molecule has 0 atom stereocenters. The summed E-state index contributed by atoms with van der Waals surface area (Å²) >= 11 is 0. The number of hydrogen-bond acceptors (Lipinski definition) is 4. The smallest absolute Gasteiger partial charge is 0.196 e. The van der Waals surface area contributed by atoms with Crippen LogP contribution in [0.1, 0.15) is 31.8 Å². The molecule has 0 unspecified atom stereocenters. The summed E-state index contributed by atoms with van der Waals surface area (Å²) in [4.78, 5) is 33.1. The van der Waals surface area contributed by atoms with Gasteiger partial charge in [-0.2, -0.15) is 0 Å². The van der Waals surface area contributed by atoms with Crippen LogP contribution in [0.5, 0.6) is 0 Å². The third-order valence-corrected chi connectivity index (χ3v) is 7.57. The van der Waals surface area contributed by atoms with E-state index in [0.717, 1.165) is 22.7 Å². The first-order valence-electron chi connectivity index (χ1n) is 13.9. The van der Waals surface area contributed by atoms with E-state index in [2.05, 4.69) is 9.80 Å². The molecule has 0 aliphatic heterocycles. The third kappa shape index (κ3) is 4.27. The van der Waals surface area contributed by atoms with Crippen LogP contribution in [0.25, 0.3) is 0 Å². The zero-order chi connectivity index (χ0) is 28.5. The fraction of sp³-hybridized carbons (Fsp3) is 0. The van der Waals surface area contributed by atoms with E-state index in [-0.39, 0.29) is 11.6 Å². The number of para-hydroxylation sites is 4. The summed E-state index contributed by atoms with van der Waals surface area (Å²) in [6.07, 6.45) is 0. The Bertz CT molecular complexity index is 1680. The topological polar surface area (TPSA) is 40.6 Å². The zero-order valence-corrected chi connectivity index (χ0v) is 22.7. The Hall–Kier alpha value is -5.74. The van der Waals surface area contributed by atoms with Gasteiger partial charge < -0.3 is 9.80 Å². The van der Waals surface area contributed by atoms with Gasteiger partial charge in [-0.1, -0.05) is 97.1 Å². The van der Waals surface area contributed by atoms with Crippen LogP contribution in [0.2, 0.25) is 0 Å². The number of fused-ring (bicyclic) bond motifs is 2. The van der Waals surface area contributed by atoms with Crippen LogP contribution in [-0.4, -0.2) is 11.6 Å². The number of nitrogens with zero attached hydrogens (tertiary/aromatic N) is 2. The molecule has 0 fully saturated rings. The normalized spacial score (nSPS) is 11.9. The maximum absolute atomic E-state index is 14.5. The molecule has 0 radical (unpaired) electrons. The lowest BCUT2D eigenvalue weighted by Crippen LogP contribution is -2.27. The van der Waals surface area contributed by atoms with Gasteiger partial charge in [-0.15, -0.1) is 0 Å². The Morgan fingerprint density at radius 2 is 0.571 bits per heavy atom. The van der Waals surface area contributed by atoms with Crippen molar-refractivity contribution in [2.45, 2.75) is 0 Å². The largest absolute Gasteiger partial charge is 0.310 e. The number of hydrogen-bond donors (Lipinski definition) is 0. The van der Waals surface area contributed by atoms with Crippen LogP contribution in [0.3, 0.4) is 0 Å². The van der Waals surface area contributed by atoms with Crippen molar-refractivity contribution in [2.24, 2.45) is 0 Å². The number of benzene rings is 6. The Morgan fingerprint density at radius 3 is 0.857 bits per heavy atom. The van der Waals surface area contributed by atoms with Crippen molar-refractivity contribution in [3.8, 4) is 0 Å². The van der Waals surface area contributed by atoms with Gasteiger partial charge in [0.15, 0.2) is 11.6 Å². The van der Waals surface area contributed by atoms with Gasteiger partial charge >= 0.3 is 0 Å². The Labute approximate surface area is 244 Å². The molecule has 0 heterocycles. The minimum Gasteiger partial charge on any atom is -0.310 e. The first kappa shape index (κ1) is 25.2. The van der Waals surface area contributed by atoms with E-state index < -0.39 is 0 Å². The quantitative estimate of drug-likeness (QED) is 0.210. The molecule has 0 bridgehead atoms. The summed E-state index contributed by atoms with van der Waals surface area (Å²) in [5.74, 6) is -0.343. The second kappa shape index (κ2) is 10.7. The highest BCUT2D eigenvalue weighted by atomic mass is 16.1. The number of carbonyl (C=O) groups excluding carboxylic acids is 2. The Balaban J connectivity index is 1.56. The first-order valence-corrected chi connectivity index (χ1v) is 13.9. The highest BCUT2D eigenvalue weighted by Gasteiger charge is 2.37. The summed E-state index contributed by atoms with van der Waals surface area (Å²) in [5, 5.41) is 0. The minimum absolute atomic E-state index is 0.171. The van der Waals surface area contributed by atoms with Crippen molar-refractivity contribution in [3.05, 3.63) is 180 Å². The SMILES string of the molecule is O=C1c2ccccc2C(=O)c2c(N(c3ccccc3)c3ccccc3)ccc(N(c3ccccc3)c3ccccc3)c21. The lowest BCUT2D eigenvalue weighted by atomic mass is 9.81. The summed E-state index contributed by atoms with van der Waals surface area (Å²) in [6.45, 7) is 0. The monoisotopic (exact) mass is 542 g/mol. The predicted octanol–water partition coefficient (Wildman–Crippen LogP) is 9.40. The van der Waals surface area contributed by atoms with E-state index in [0.29, 0.717) is 33.6 Å². The molecule has 0 aromatic heterocycles. The number of ketones is 2. The van der Waals surface area contributed by atoms with Gasteiger partial charge in [0.2, 0.25) is 0 Å². The maximum Gasteiger partial charge on any atom is 0.196 e. The second-order valence-corrected chi connectivity index (χ2v) is 10.1. The lowest BCUT2D eigenvalue weighted by molar-refractivity contribution is 0.0980. The molecule has 0 N–H and O–H groups in total. The first-order chi connectivity index (χ1) is 20.7. The van der Waals surface area contributed by atoms with Crippen LogP contribution < -0.4 is 9.80 Å². The number of carbonyl (C=O) groups is 2. The van der Waals surface area contributed by atoms with E-state index in [1.807, 2.05) is 146 Å². The highest BCUT2D eigenvalue weighted by Crippen LogP contribution is 2.47. The van der Waals surface area contributed by atoms with E-state index in [1.54, 1.807) is 12.1 Å². The van der Waals surface area contributed by atoms with E-state index >= 15 is 0 Å². The van der Waals surface area contributed by atoms with Crippen LogP contribution >= 0.6 is 0 Å². The summed E-state index contributed by atoms with van der Waals surface area (Å²) < 4.78 is 0. The van der Waals surface area contributed by atoms with Crippen molar-refractivity contribution in [1.29, 1.82) is 0 Å². The molecule has 4 nitrogen and oxygen atoms in total. The molecule has 4 heteroatoms. The molecule has 1 aliphatic rings. The molecular weight excluding hydrogens is 516 g/mol. The summed E-state index contributed by atoms with van der Waals surface area (Å²) in [5.41, 5.74) is 6.48. The third-order valence-electron chi connectivity index (χ3n) is 7.57. The highest BCUT2D eigenvalue weighted by molar-refractivity contribution is 6.32. The van der Waals surface area contributed by atoms with Crippen molar-refractivity contribution >= 4 is 45.7 Å². The van der Waals surface area contributed by atoms with Gasteiger partial charge in [0.05, 0.1) is 22.5 Å². The van der Waals surface area contributed by atoms with Gasteiger partial charge in [0.25, 0.3) is 0 Å². The van der Waals surface area contributed by atoms with E-state index in [4.69, 9.17) is 0 Å². The van der Waals surface area contributed by atoms with Crippen molar-refractivity contribution in [1.82, 2.24) is 0 Å². The molecule has 0 spiro atoms. The van der Waals surface area contributed by atoms with Crippen molar-refractivity contribution in [3.63, 3.8) is 0 Å². The fourth-order valence-corrected chi connectivity index (χ4v) is 5.72. The number of anilines is 6. The van der Waals surface area contributed by atoms with E-state index in [1.165, 1.54) is 0 Å². The molecule has 0 amide bonds. The predicted molar refractivity (Wildman–Crippen MR) is 169 cm³/mol. The van der Waals surface area contributed by atoms with Gasteiger partial charge in [-0.25, -0.2) is 0 Å². The molecule has 0 saturated carbocycles.